The fourth-order valence-corrected chi connectivity index (χ4v) is 1.04. The molecule has 0 unspecified atom stereocenters. The molecule has 0 bridgehead atoms. The third-order valence-corrected chi connectivity index (χ3v) is 2.02. The molecule has 1 atom stereocenters. The van der Waals surface area contributed by atoms with Gasteiger partial charge < -0.3 is 20.1 Å². The maximum atomic E-state index is 11.7. The monoisotopic (exact) mass is 240 g/mol. The lowest BCUT2D eigenvalue weighted by Crippen LogP contribution is -2.45. The van der Waals surface area contributed by atoms with E-state index in [4.69, 9.17) is 4.52 Å². The minimum atomic E-state index is -0.651. The molecule has 0 aliphatic heterocycles. The number of hydrogen-bond donors (Lipinski definition) is 2. The summed E-state index contributed by atoms with van der Waals surface area (Å²) in [5.41, 5.74) is 0. The summed E-state index contributed by atoms with van der Waals surface area (Å²) in [4.78, 5) is 24.3. The molecule has 1 aromatic heterocycles. The van der Waals surface area contributed by atoms with E-state index in [1.165, 1.54) is 4.90 Å². The van der Waals surface area contributed by atoms with E-state index in [0.29, 0.717) is 11.6 Å². The number of nitrogens with one attached hydrogen (secondary N) is 2. The molecular weight excluding hydrogens is 224 g/mol. The van der Waals surface area contributed by atoms with Crippen LogP contribution >= 0.6 is 0 Å². The third kappa shape index (κ3) is 3.78. The highest BCUT2D eigenvalue weighted by molar-refractivity contribution is 5.95. The van der Waals surface area contributed by atoms with Crippen LogP contribution in [0, 0.1) is 6.92 Å². The van der Waals surface area contributed by atoms with Gasteiger partial charge in [0.25, 0.3) is 0 Å². The summed E-state index contributed by atoms with van der Waals surface area (Å²) in [5, 5.41) is 8.67. The van der Waals surface area contributed by atoms with E-state index in [1.807, 2.05) is 0 Å². The van der Waals surface area contributed by atoms with Crippen molar-refractivity contribution >= 4 is 17.8 Å². The van der Waals surface area contributed by atoms with Crippen LogP contribution in [0.4, 0.5) is 10.6 Å². The van der Waals surface area contributed by atoms with Crippen molar-refractivity contribution < 1.29 is 14.1 Å². The number of urea groups is 1. The van der Waals surface area contributed by atoms with Gasteiger partial charge in [0.15, 0.2) is 5.82 Å². The lowest BCUT2D eigenvalue weighted by molar-refractivity contribution is -0.117. The first-order valence-electron chi connectivity index (χ1n) is 5.12. The Labute approximate surface area is 99.1 Å². The largest absolute Gasteiger partial charge is 0.360 e. The molecule has 1 aromatic rings. The standard InChI is InChI=1S/C10H16N4O3/c1-6-5-8(13-17-6)12-9(15)7(2)11-10(16)14(3)4/h5,7H,1-4H3,(H,11,16)(H,12,13,15)/t7-/m0/s1. The molecule has 0 fully saturated rings. The van der Waals surface area contributed by atoms with E-state index in [2.05, 4.69) is 15.8 Å². The number of carbonyl (C=O) groups excluding carboxylic acids is 2. The zero-order valence-corrected chi connectivity index (χ0v) is 10.3. The number of carbonyl (C=O) groups is 2. The van der Waals surface area contributed by atoms with Crippen molar-refractivity contribution in [3.63, 3.8) is 0 Å². The Kier molecular flexibility index (Phi) is 4.08. The van der Waals surface area contributed by atoms with Gasteiger partial charge in [-0.05, 0) is 13.8 Å². The van der Waals surface area contributed by atoms with Gasteiger partial charge in [-0.25, -0.2) is 4.79 Å². The highest BCUT2D eigenvalue weighted by atomic mass is 16.5. The second kappa shape index (κ2) is 5.33. The van der Waals surface area contributed by atoms with Crippen molar-refractivity contribution in [3.05, 3.63) is 11.8 Å². The first-order chi connectivity index (χ1) is 7.90. The molecular formula is C10H16N4O3. The van der Waals surface area contributed by atoms with Crippen molar-refractivity contribution in [1.82, 2.24) is 15.4 Å². The second-order valence-corrected chi connectivity index (χ2v) is 3.88. The number of aromatic nitrogens is 1. The van der Waals surface area contributed by atoms with Crippen LogP contribution in [0.25, 0.3) is 0 Å². The van der Waals surface area contributed by atoms with Crippen LogP contribution < -0.4 is 10.6 Å². The molecule has 7 heteroatoms. The number of aryl methyl sites for hydroxylation is 1. The predicted octanol–water partition coefficient (Wildman–Crippen LogP) is 0.581. The average Bonchev–Trinajstić information content (AvgIpc) is 2.63. The maximum Gasteiger partial charge on any atom is 0.317 e. The lowest BCUT2D eigenvalue weighted by Gasteiger charge is -2.16. The number of nitrogens with zero attached hydrogens (tertiary/aromatic N) is 2. The molecule has 0 saturated heterocycles. The highest BCUT2D eigenvalue weighted by Gasteiger charge is 2.17. The molecule has 17 heavy (non-hydrogen) atoms. The van der Waals surface area contributed by atoms with Crippen LogP contribution in [0.2, 0.25) is 0 Å². The van der Waals surface area contributed by atoms with Crippen LogP contribution in [-0.2, 0) is 4.79 Å². The number of amides is 3. The topological polar surface area (TPSA) is 87.5 Å². The summed E-state index contributed by atoms with van der Waals surface area (Å²) in [6.45, 7) is 3.31. The van der Waals surface area contributed by atoms with Gasteiger partial charge in [0.1, 0.15) is 11.8 Å². The van der Waals surface area contributed by atoms with Crippen LogP contribution in [0.3, 0.4) is 0 Å². The Morgan fingerprint density at radius 1 is 1.47 bits per heavy atom. The molecule has 7 nitrogen and oxygen atoms in total. The fraction of sp³-hybridized carbons (Fsp3) is 0.500. The van der Waals surface area contributed by atoms with Gasteiger partial charge >= 0.3 is 6.03 Å². The van der Waals surface area contributed by atoms with Gasteiger partial charge in [0, 0.05) is 20.2 Å². The van der Waals surface area contributed by atoms with Crippen molar-refractivity contribution in [2.45, 2.75) is 19.9 Å². The Bertz CT molecular complexity index is 413. The Morgan fingerprint density at radius 2 is 2.12 bits per heavy atom. The molecule has 0 radical (unpaired) electrons. The van der Waals surface area contributed by atoms with Crippen LogP contribution in [0.5, 0.6) is 0 Å². The Hall–Kier alpha value is -2.05. The quantitative estimate of drug-likeness (QED) is 0.809. The van der Waals surface area contributed by atoms with Gasteiger partial charge in [0.2, 0.25) is 5.91 Å². The molecule has 0 aliphatic rings. The summed E-state index contributed by atoms with van der Waals surface area (Å²) in [6.07, 6.45) is 0. The van der Waals surface area contributed by atoms with Crippen molar-refractivity contribution in [2.75, 3.05) is 19.4 Å². The molecule has 0 saturated carbocycles. The van der Waals surface area contributed by atoms with Crippen LogP contribution in [-0.4, -0.2) is 42.1 Å². The third-order valence-electron chi connectivity index (χ3n) is 2.02. The average molecular weight is 240 g/mol. The number of rotatable bonds is 3. The second-order valence-electron chi connectivity index (χ2n) is 3.88. The van der Waals surface area contributed by atoms with Crippen molar-refractivity contribution in [1.29, 1.82) is 0 Å². The number of hydrogen-bond acceptors (Lipinski definition) is 4. The minimum Gasteiger partial charge on any atom is -0.360 e. The zero-order chi connectivity index (χ0) is 13.0. The molecule has 3 amide bonds. The van der Waals surface area contributed by atoms with Gasteiger partial charge in [0.05, 0.1) is 0 Å². The van der Waals surface area contributed by atoms with Crippen LogP contribution in [0.1, 0.15) is 12.7 Å². The van der Waals surface area contributed by atoms with Crippen molar-refractivity contribution in [2.24, 2.45) is 0 Å². The summed E-state index contributed by atoms with van der Waals surface area (Å²) in [5.74, 6) is 0.581. The summed E-state index contributed by atoms with van der Waals surface area (Å²) in [7, 11) is 3.20. The van der Waals surface area contributed by atoms with E-state index in [0.717, 1.165) is 0 Å². The Balaban J connectivity index is 2.50. The van der Waals surface area contributed by atoms with Gasteiger partial charge in [-0.1, -0.05) is 5.16 Å². The smallest absolute Gasteiger partial charge is 0.317 e. The molecule has 2 N–H and O–H groups in total. The first-order valence-corrected chi connectivity index (χ1v) is 5.12. The van der Waals surface area contributed by atoms with E-state index < -0.39 is 6.04 Å². The van der Waals surface area contributed by atoms with Gasteiger partial charge in [-0.3, -0.25) is 4.79 Å². The molecule has 94 valence electrons. The molecule has 1 rings (SSSR count). The number of anilines is 1. The first kappa shape index (κ1) is 13.0. The molecule has 0 spiro atoms. The predicted molar refractivity (Wildman–Crippen MR) is 61.6 cm³/mol. The van der Waals surface area contributed by atoms with Gasteiger partial charge in [-0.15, -0.1) is 0 Å². The summed E-state index contributed by atoms with van der Waals surface area (Å²) < 4.78 is 4.80. The van der Waals surface area contributed by atoms with E-state index >= 15 is 0 Å². The molecule has 0 aliphatic carbocycles. The van der Waals surface area contributed by atoms with E-state index in [1.54, 1.807) is 34.0 Å². The summed E-state index contributed by atoms with van der Waals surface area (Å²) in [6, 6.07) is 0.615. The normalized spacial score (nSPS) is 11.8. The molecule has 0 aromatic carbocycles. The minimum absolute atomic E-state index is 0.330. The van der Waals surface area contributed by atoms with E-state index in [-0.39, 0.29) is 11.9 Å². The van der Waals surface area contributed by atoms with Gasteiger partial charge in [-0.2, -0.15) is 0 Å². The van der Waals surface area contributed by atoms with E-state index in [9.17, 15) is 9.59 Å². The molecule has 1 heterocycles. The van der Waals surface area contributed by atoms with Crippen molar-refractivity contribution in [3.8, 4) is 0 Å². The lowest BCUT2D eigenvalue weighted by atomic mass is 10.3. The Morgan fingerprint density at radius 3 is 2.59 bits per heavy atom. The zero-order valence-electron chi connectivity index (χ0n) is 10.3. The maximum absolute atomic E-state index is 11.7. The summed E-state index contributed by atoms with van der Waals surface area (Å²) >= 11 is 0. The van der Waals surface area contributed by atoms with Crippen LogP contribution in [0.15, 0.2) is 10.6 Å². The fourth-order valence-electron chi connectivity index (χ4n) is 1.04. The highest BCUT2D eigenvalue weighted by Crippen LogP contribution is 2.07. The SMILES string of the molecule is Cc1cc(NC(=O)[C@H](C)NC(=O)N(C)C)no1.